The first kappa shape index (κ1) is 25.0. The molecule has 1 fully saturated rings. The van der Waals surface area contributed by atoms with Crippen LogP contribution >= 0.6 is 0 Å². The molecule has 0 saturated heterocycles. The number of hydrogen-bond donors (Lipinski definition) is 2. The van der Waals surface area contributed by atoms with E-state index in [9.17, 15) is 19.8 Å². The minimum absolute atomic E-state index is 0.0246. The van der Waals surface area contributed by atoms with E-state index < -0.39 is 0 Å². The highest BCUT2D eigenvalue weighted by Crippen LogP contribution is 2.43. The molecule has 2 aromatic carbocycles. The number of carbonyl (C=O) groups is 2. The maximum Gasteiger partial charge on any atom is 0.306 e. The maximum absolute atomic E-state index is 13.3. The number of benzene rings is 2. The van der Waals surface area contributed by atoms with Crippen LogP contribution in [0.4, 0.5) is 0 Å². The van der Waals surface area contributed by atoms with Gasteiger partial charge in [-0.15, -0.1) is 0 Å². The van der Waals surface area contributed by atoms with E-state index in [-0.39, 0.29) is 47.4 Å². The van der Waals surface area contributed by atoms with Gasteiger partial charge in [-0.2, -0.15) is 0 Å². The van der Waals surface area contributed by atoms with E-state index in [4.69, 9.17) is 4.74 Å². The molecule has 186 valence electrons. The van der Waals surface area contributed by atoms with Gasteiger partial charge in [0.25, 0.3) is 0 Å². The van der Waals surface area contributed by atoms with Crippen LogP contribution in [0.1, 0.15) is 75.0 Å². The number of rotatable bonds is 9. The SMILES string of the molecule is CCOC(=O)CC1CC(CCc2ccc(O)cc2O)CC(=O)C1CCC1=CC(C)c2ccccc21. The number of aromatic hydroxyl groups is 2. The molecular weight excluding hydrogens is 440 g/mol. The van der Waals surface area contributed by atoms with Crippen LogP contribution in [0.5, 0.6) is 11.5 Å². The summed E-state index contributed by atoms with van der Waals surface area (Å²) in [5.74, 6) is 0.511. The zero-order chi connectivity index (χ0) is 24.9. The van der Waals surface area contributed by atoms with Gasteiger partial charge >= 0.3 is 5.97 Å². The molecule has 0 aromatic heterocycles. The molecule has 2 N–H and O–H groups in total. The van der Waals surface area contributed by atoms with Gasteiger partial charge in [0.1, 0.15) is 17.3 Å². The number of Topliss-reactive ketones (excluding diaryl/α,β-unsaturated/α-hetero) is 1. The van der Waals surface area contributed by atoms with Gasteiger partial charge in [0, 0.05) is 30.7 Å². The van der Waals surface area contributed by atoms with Gasteiger partial charge in [-0.25, -0.2) is 0 Å². The first-order valence-corrected chi connectivity index (χ1v) is 12.8. The Morgan fingerprint density at radius 1 is 1.09 bits per heavy atom. The second-order valence-corrected chi connectivity index (χ2v) is 10.1. The summed E-state index contributed by atoms with van der Waals surface area (Å²) in [5.41, 5.74) is 4.70. The van der Waals surface area contributed by atoms with Gasteiger partial charge in [-0.1, -0.05) is 43.3 Å². The molecule has 4 unspecified atom stereocenters. The van der Waals surface area contributed by atoms with E-state index in [1.54, 1.807) is 19.1 Å². The second-order valence-electron chi connectivity index (χ2n) is 10.1. The zero-order valence-corrected chi connectivity index (χ0v) is 20.7. The molecule has 5 heteroatoms. The highest BCUT2D eigenvalue weighted by Gasteiger charge is 2.38. The number of hydrogen-bond acceptors (Lipinski definition) is 5. The zero-order valence-electron chi connectivity index (χ0n) is 20.7. The smallest absolute Gasteiger partial charge is 0.306 e. The first-order valence-electron chi connectivity index (χ1n) is 12.8. The summed E-state index contributed by atoms with van der Waals surface area (Å²) in [5, 5.41) is 19.6. The Hall–Kier alpha value is -3.08. The Bertz CT molecular complexity index is 1100. The number of ketones is 1. The Morgan fingerprint density at radius 2 is 1.89 bits per heavy atom. The van der Waals surface area contributed by atoms with Gasteiger partial charge < -0.3 is 14.9 Å². The van der Waals surface area contributed by atoms with E-state index in [1.807, 2.05) is 0 Å². The molecule has 0 spiro atoms. The van der Waals surface area contributed by atoms with Crippen LogP contribution in [0.25, 0.3) is 5.57 Å². The lowest BCUT2D eigenvalue weighted by Crippen LogP contribution is -2.35. The molecule has 0 bridgehead atoms. The van der Waals surface area contributed by atoms with Crippen molar-refractivity contribution in [2.24, 2.45) is 17.8 Å². The summed E-state index contributed by atoms with van der Waals surface area (Å²) >= 11 is 0. The predicted molar refractivity (Wildman–Crippen MR) is 136 cm³/mol. The van der Waals surface area contributed by atoms with Crippen molar-refractivity contribution >= 4 is 17.3 Å². The number of fused-ring (bicyclic) bond motifs is 1. The number of phenolic OH excluding ortho intramolecular Hbond substituents is 2. The summed E-state index contributed by atoms with van der Waals surface area (Å²) in [7, 11) is 0. The Labute approximate surface area is 207 Å². The molecule has 4 rings (SSSR count). The van der Waals surface area contributed by atoms with Crippen molar-refractivity contribution in [3.63, 3.8) is 0 Å². The van der Waals surface area contributed by atoms with Crippen LogP contribution in [0, 0.1) is 17.8 Å². The summed E-state index contributed by atoms with van der Waals surface area (Å²) in [6.07, 6.45) is 6.87. The van der Waals surface area contributed by atoms with Crippen LogP contribution in [0.2, 0.25) is 0 Å². The number of allylic oxidation sites excluding steroid dienone is 2. The third kappa shape index (κ3) is 5.95. The van der Waals surface area contributed by atoms with Crippen molar-refractivity contribution in [1.29, 1.82) is 0 Å². The van der Waals surface area contributed by atoms with Crippen molar-refractivity contribution in [3.05, 3.63) is 65.2 Å². The van der Waals surface area contributed by atoms with Crippen LogP contribution in [0.3, 0.4) is 0 Å². The van der Waals surface area contributed by atoms with Crippen LogP contribution in [-0.2, 0) is 20.7 Å². The molecule has 2 aliphatic rings. The molecule has 4 atom stereocenters. The largest absolute Gasteiger partial charge is 0.508 e. The minimum atomic E-state index is -0.230. The molecule has 35 heavy (non-hydrogen) atoms. The van der Waals surface area contributed by atoms with Crippen LogP contribution < -0.4 is 0 Å². The van der Waals surface area contributed by atoms with E-state index in [0.717, 1.165) is 31.2 Å². The third-order valence-corrected chi connectivity index (χ3v) is 7.71. The number of carbonyl (C=O) groups excluding carboxylic acids is 2. The predicted octanol–water partition coefficient (Wildman–Crippen LogP) is 6.18. The minimum Gasteiger partial charge on any atom is -0.508 e. The van der Waals surface area contributed by atoms with Crippen molar-refractivity contribution in [1.82, 2.24) is 0 Å². The molecular formula is C30H36O5. The summed E-state index contributed by atoms with van der Waals surface area (Å²) in [6.45, 7) is 4.35. The van der Waals surface area contributed by atoms with Crippen molar-refractivity contribution in [2.75, 3.05) is 6.61 Å². The molecule has 2 aliphatic carbocycles. The number of phenols is 2. The lowest BCUT2D eigenvalue weighted by molar-refractivity contribution is -0.146. The fourth-order valence-electron chi connectivity index (χ4n) is 5.97. The van der Waals surface area contributed by atoms with E-state index in [0.29, 0.717) is 25.4 Å². The summed E-state index contributed by atoms with van der Waals surface area (Å²) in [4.78, 5) is 25.7. The lowest BCUT2D eigenvalue weighted by atomic mass is 9.68. The topological polar surface area (TPSA) is 83.8 Å². The number of aryl methyl sites for hydroxylation is 1. The summed E-state index contributed by atoms with van der Waals surface area (Å²) in [6, 6.07) is 13.1. The molecule has 0 aliphatic heterocycles. The Morgan fingerprint density at radius 3 is 2.66 bits per heavy atom. The highest BCUT2D eigenvalue weighted by atomic mass is 16.5. The molecule has 0 amide bonds. The Balaban J connectivity index is 1.43. The lowest BCUT2D eigenvalue weighted by Gasteiger charge is -2.35. The number of ether oxygens (including phenoxy) is 1. The first-order chi connectivity index (χ1) is 16.9. The molecule has 2 aromatic rings. The number of esters is 1. The normalized spacial score (nSPS) is 23.6. The molecule has 0 radical (unpaired) electrons. The van der Waals surface area contributed by atoms with E-state index in [2.05, 4.69) is 37.3 Å². The Kier molecular flexibility index (Phi) is 7.94. The maximum atomic E-state index is 13.3. The second kappa shape index (κ2) is 11.1. The van der Waals surface area contributed by atoms with Crippen molar-refractivity contribution < 1.29 is 24.5 Å². The van der Waals surface area contributed by atoms with E-state index >= 15 is 0 Å². The third-order valence-electron chi connectivity index (χ3n) is 7.71. The van der Waals surface area contributed by atoms with Crippen LogP contribution in [0.15, 0.2) is 48.5 Å². The average Bonchev–Trinajstić information content (AvgIpc) is 3.14. The summed E-state index contributed by atoms with van der Waals surface area (Å²) < 4.78 is 5.24. The van der Waals surface area contributed by atoms with Crippen molar-refractivity contribution in [3.8, 4) is 11.5 Å². The van der Waals surface area contributed by atoms with Crippen molar-refractivity contribution in [2.45, 2.75) is 64.7 Å². The molecule has 0 heterocycles. The molecule has 5 nitrogen and oxygen atoms in total. The highest BCUT2D eigenvalue weighted by molar-refractivity contribution is 5.84. The molecule has 1 saturated carbocycles. The fraction of sp³-hybridized carbons (Fsp3) is 0.467. The monoisotopic (exact) mass is 476 g/mol. The van der Waals surface area contributed by atoms with Gasteiger partial charge in [0.05, 0.1) is 6.61 Å². The van der Waals surface area contributed by atoms with Gasteiger partial charge in [0.2, 0.25) is 0 Å². The standard InChI is InChI=1S/C30H36O5/c1-3-35-30(34)17-23-15-20(8-9-21-10-12-24(31)18-28(21)32)16-29(33)27(23)13-11-22-14-19(2)25-6-4-5-7-26(22)25/h4-7,10,12,14,18-20,23,27,31-32H,3,8-9,11,13,15-17H2,1-2H3. The van der Waals surface area contributed by atoms with E-state index in [1.165, 1.54) is 22.8 Å². The quantitative estimate of drug-likeness (QED) is 0.423. The fourth-order valence-corrected chi connectivity index (χ4v) is 5.97. The average molecular weight is 477 g/mol. The van der Waals surface area contributed by atoms with Gasteiger partial charge in [-0.3, -0.25) is 9.59 Å². The van der Waals surface area contributed by atoms with Crippen LogP contribution in [-0.4, -0.2) is 28.6 Å². The van der Waals surface area contributed by atoms with Gasteiger partial charge in [-0.05, 0) is 79.2 Å². The van der Waals surface area contributed by atoms with Gasteiger partial charge in [0.15, 0.2) is 0 Å².